The summed E-state index contributed by atoms with van der Waals surface area (Å²) in [6, 6.07) is 0. The van der Waals surface area contributed by atoms with Crippen LogP contribution in [0.3, 0.4) is 0 Å². The van der Waals surface area contributed by atoms with Crippen molar-refractivity contribution < 1.29 is 21.2 Å². The monoisotopic (exact) mass is 226 g/mol. The maximum atomic E-state index is 12.7. The minimum atomic E-state index is -3.87. The zero-order valence-electron chi connectivity index (χ0n) is 8.11. The van der Waals surface area contributed by atoms with Gasteiger partial charge in [0.2, 0.25) is 0 Å². The number of halogens is 1. The van der Waals surface area contributed by atoms with Crippen LogP contribution < -0.4 is 0 Å². The molecular weight excluding hydrogens is 211 g/mol. The summed E-state index contributed by atoms with van der Waals surface area (Å²) in [6.45, 7) is 1.63. The van der Waals surface area contributed by atoms with Crippen molar-refractivity contribution in [3.63, 3.8) is 0 Å². The number of rotatable bonds is 4. The van der Waals surface area contributed by atoms with Crippen molar-refractivity contribution in [3.8, 4) is 0 Å². The molecule has 0 unspecified atom stereocenters. The minimum Gasteiger partial charge on any atom is -0.248 e. The number of alkyl halides is 1. The molecule has 6 heteroatoms. The van der Waals surface area contributed by atoms with Crippen molar-refractivity contribution in [1.29, 1.82) is 0 Å². The molecule has 0 amide bonds. The van der Waals surface area contributed by atoms with Crippen molar-refractivity contribution in [3.05, 3.63) is 0 Å². The molecule has 1 saturated carbocycles. The zero-order chi connectivity index (χ0) is 10.6. The molecule has 0 atom stereocenters. The predicted molar refractivity (Wildman–Crippen MR) is 48.8 cm³/mol. The van der Waals surface area contributed by atoms with Gasteiger partial charge in [-0.2, -0.15) is 8.42 Å². The van der Waals surface area contributed by atoms with Crippen molar-refractivity contribution >= 4 is 10.4 Å². The largest absolute Gasteiger partial charge is 0.400 e. The number of hydrogen-bond acceptors (Lipinski definition) is 4. The van der Waals surface area contributed by atoms with Gasteiger partial charge >= 0.3 is 10.4 Å². The lowest BCUT2D eigenvalue weighted by atomic mass is 9.96. The average molecular weight is 226 g/mol. The summed E-state index contributed by atoms with van der Waals surface area (Å²) < 4.78 is 44.0. The fourth-order valence-corrected chi connectivity index (χ4v) is 2.33. The lowest BCUT2D eigenvalue weighted by Gasteiger charge is -2.23. The van der Waals surface area contributed by atoms with Crippen molar-refractivity contribution in [2.24, 2.45) is 0 Å². The van der Waals surface area contributed by atoms with E-state index in [0.29, 0.717) is 25.7 Å². The van der Waals surface area contributed by atoms with Crippen LogP contribution in [0.1, 0.15) is 32.6 Å². The summed E-state index contributed by atoms with van der Waals surface area (Å²) in [5.74, 6) is 0. The van der Waals surface area contributed by atoms with E-state index in [1.54, 1.807) is 6.92 Å². The standard InChI is InChI=1S/C8H15FO4S/c1-2-12-14(10,11)13-8-5-3-7(9)4-6-8/h7-8H,2-6H2,1H3. The molecule has 1 aliphatic rings. The van der Waals surface area contributed by atoms with E-state index >= 15 is 0 Å². The third-order valence-electron chi connectivity index (χ3n) is 2.12. The Morgan fingerprint density at radius 2 is 1.86 bits per heavy atom. The first-order valence-corrected chi connectivity index (χ1v) is 6.08. The van der Waals surface area contributed by atoms with E-state index < -0.39 is 22.7 Å². The molecule has 84 valence electrons. The predicted octanol–water partition coefficient (Wildman–Crippen LogP) is 1.56. The second kappa shape index (κ2) is 5.04. The SMILES string of the molecule is CCOS(=O)(=O)OC1CCC(F)CC1. The molecule has 1 rings (SSSR count). The highest BCUT2D eigenvalue weighted by atomic mass is 32.3. The second-order valence-corrected chi connectivity index (χ2v) is 4.53. The van der Waals surface area contributed by atoms with E-state index in [1.165, 1.54) is 0 Å². The molecular formula is C8H15FO4S. The Hall–Kier alpha value is -0.200. The topological polar surface area (TPSA) is 52.6 Å². The first-order valence-electron chi connectivity index (χ1n) is 4.75. The van der Waals surface area contributed by atoms with Gasteiger partial charge in [-0.1, -0.05) is 0 Å². The van der Waals surface area contributed by atoms with Crippen LogP contribution >= 0.6 is 0 Å². The van der Waals surface area contributed by atoms with E-state index in [9.17, 15) is 12.8 Å². The average Bonchev–Trinajstić information content (AvgIpc) is 2.08. The summed E-state index contributed by atoms with van der Waals surface area (Å²) in [6.07, 6.45) is 0.378. The molecule has 0 saturated heterocycles. The van der Waals surface area contributed by atoms with Crippen LogP contribution in [-0.2, 0) is 18.8 Å². The van der Waals surface area contributed by atoms with Gasteiger partial charge in [-0.15, -0.1) is 0 Å². The third kappa shape index (κ3) is 3.89. The summed E-state index contributed by atoms with van der Waals surface area (Å²) in [4.78, 5) is 0. The smallest absolute Gasteiger partial charge is 0.248 e. The molecule has 1 aliphatic carbocycles. The van der Waals surface area contributed by atoms with Crippen LogP contribution in [-0.4, -0.2) is 27.3 Å². The fourth-order valence-electron chi connectivity index (χ4n) is 1.46. The number of hydrogen-bond donors (Lipinski definition) is 0. The summed E-state index contributed by atoms with van der Waals surface area (Å²) in [5.41, 5.74) is 0. The molecule has 0 heterocycles. The maximum Gasteiger partial charge on any atom is 0.400 e. The van der Waals surface area contributed by atoms with Crippen molar-refractivity contribution in [1.82, 2.24) is 0 Å². The molecule has 14 heavy (non-hydrogen) atoms. The Morgan fingerprint density at radius 3 is 2.36 bits per heavy atom. The van der Waals surface area contributed by atoms with Crippen molar-refractivity contribution in [2.45, 2.75) is 44.9 Å². The lowest BCUT2D eigenvalue weighted by molar-refractivity contribution is 0.0975. The van der Waals surface area contributed by atoms with E-state index in [2.05, 4.69) is 4.18 Å². The van der Waals surface area contributed by atoms with Gasteiger partial charge < -0.3 is 0 Å². The highest BCUT2D eigenvalue weighted by Gasteiger charge is 2.26. The third-order valence-corrected chi connectivity index (χ3v) is 3.15. The fraction of sp³-hybridized carbons (Fsp3) is 1.00. The highest BCUT2D eigenvalue weighted by Crippen LogP contribution is 2.24. The Morgan fingerprint density at radius 1 is 1.29 bits per heavy atom. The molecule has 1 fully saturated rings. The van der Waals surface area contributed by atoms with Gasteiger partial charge in [0.15, 0.2) is 0 Å². The van der Waals surface area contributed by atoms with Gasteiger partial charge in [0, 0.05) is 0 Å². The van der Waals surface area contributed by atoms with Crippen LogP contribution in [0.5, 0.6) is 0 Å². The summed E-state index contributed by atoms with van der Waals surface area (Å²) in [7, 11) is -3.87. The molecule has 0 bridgehead atoms. The van der Waals surface area contributed by atoms with Gasteiger partial charge in [-0.25, -0.2) is 12.8 Å². The van der Waals surface area contributed by atoms with Crippen LogP contribution in [0.15, 0.2) is 0 Å². The van der Waals surface area contributed by atoms with E-state index in [1.807, 2.05) is 0 Å². The lowest BCUT2D eigenvalue weighted by Crippen LogP contribution is -2.26. The van der Waals surface area contributed by atoms with Crippen LogP contribution in [0, 0.1) is 0 Å². The molecule has 0 spiro atoms. The molecule has 0 aromatic heterocycles. The van der Waals surface area contributed by atoms with Gasteiger partial charge in [0.25, 0.3) is 0 Å². The van der Waals surface area contributed by atoms with Gasteiger partial charge in [-0.3, -0.25) is 0 Å². The quantitative estimate of drug-likeness (QED) is 0.730. The first-order chi connectivity index (χ1) is 6.53. The first kappa shape index (κ1) is 11.9. The van der Waals surface area contributed by atoms with Crippen LogP contribution in [0.4, 0.5) is 4.39 Å². The normalized spacial score (nSPS) is 29.0. The summed E-state index contributed by atoms with van der Waals surface area (Å²) >= 11 is 0. The Balaban J connectivity index is 2.37. The van der Waals surface area contributed by atoms with E-state index in [-0.39, 0.29) is 6.61 Å². The molecule has 0 aliphatic heterocycles. The van der Waals surface area contributed by atoms with Crippen LogP contribution in [0.25, 0.3) is 0 Å². The van der Waals surface area contributed by atoms with Gasteiger partial charge in [0.1, 0.15) is 6.17 Å². The van der Waals surface area contributed by atoms with Gasteiger partial charge in [0.05, 0.1) is 12.7 Å². The minimum absolute atomic E-state index is 0.0563. The van der Waals surface area contributed by atoms with E-state index in [4.69, 9.17) is 4.18 Å². The second-order valence-electron chi connectivity index (χ2n) is 3.28. The van der Waals surface area contributed by atoms with Crippen molar-refractivity contribution in [2.75, 3.05) is 6.61 Å². The Bertz CT molecular complexity index is 257. The summed E-state index contributed by atoms with van der Waals surface area (Å²) in [5, 5.41) is 0. The molecule has 0 radical (unpaired) electrons. The maximum absolute atomic E-state index is 12.7. The molecule has 0 aromatic rings. The van der Waals surface area contributed by atoms with Crippen LogP contribution in [0.2, 0.25) is 0 Å². The molecule has 0 aromatic carbocycles. The highest BCUT2D eigenvalue weighted by molar-refractivity contribution is 7.81. The van der Waals surface area contributed by atoms with Gasteiger partial charge in [-0.05, 0) is 32.6 Å². The Kier molecular flexibility index (Phi) is 4.28. The molecule has 0 N–H and O–H groups in total. The Labute approximate surface area is 83.7 Å². The zero-order valence-corrected chi connectivity index (χ0v) is 8.93. The molecule has 4 nitrogen and oxygen atoms in total. The van der Waals surface area contributed by atoms with E-state index in [0.717, 1.165) is 0 Å².